The van der Waals surface area contributed by atoms with Crippen molar-refractivity contribution in [3.8, 4) is 0 Å². The number of para-hydroxylation sites is 2. The van der Waals surface area contributed by atoms with E-state index in [1.54, 1.807) is 0 Å². The van der Waals surface area contributed by atoms with E-state index in [0.29, 0.717) is 12.1 Å². The SMILES string of the molecule is O=C(Cn1c(=O)cnc2ccccc21)NCC[C@H]1C[C@@H]2CC[C@@H]1C2. The standard InChI is InChI=1S/C19H23N3O2/c23-18(20-8-7-15-10-13-5-6-14(15)9-13)12-22-17-4-2-1-3-16(17)21-11-19(22)24/h1-4,11,13-15H,5-10,12H2,(H,20,23)/t13-,14-,15+/m1/s1. The molecule has 4 rings (SSSR count). The van der Waals surface area contributed by atoms with E-state index in [9.17, 15) is 9.59 Å². The van der Waals surface area contributed by atoms with Crippen LogP contribution in [0.15, 0.2) is 35.3 Å². The van der Waals surface area contributed by atoms with Crippen LogP contribution < -0.4 is 10.9 Å². The molecule has 2 fully saturated rings. The van der Waals surface area contributed by atoms with E-state index in [0.717, 1.165) is 29.7 Å². The van der Waals surface area contributed by atoms with Crippen molar-refractivity contribution in [1.82, 2.24) is 14.9 Å². The highest BCUT2D eigenvalue weighted by molar-refractivity contribution is 5.79. The number of hydrogen-bond donors (Lipinski definition) is 1. The first-order valence-electron chi connectivity index (χ1n) is 8.92. The van der Waals surface area contributed by atoms with Gasteiger partial charge in [-0.2, -0.15) is 0 Å². The third kappa shape index (κ3) is 2.95. The third-order valence-corrected chi connectivity index (χ3v) is 5.78. The molecular weight excluding hydrogens is 302 g/mol. The molecule has 0 spiro atoms. The fourth-order valence-electron chi connectivity index (χ4n) is 4.60. The van der Waals surface area contributed by atoms with Crippen molar-refractivity contribution in [3.63, 3.8) is 0 Å². The molecule has 1 aromatic heterocycles. The van der Waals surface area contributed by atoms with Gasteiger partial charge in [0.15, 0.2) is 0 Å². The van der Waals surface area contributed by atoms with E-state index in [-0.39, 0.29) is 18.0 Å². The predicted octanol–water partition coefficient (Wildman–Crippen LogP) is 2.34. The van der Waals surface area contributed by atoms with Crippen LogP contribution in [0.2, 0.25) is 0 Å². The van der Waals surface area contributed by atoms with Crippen LogP contribution in [0.25, 0.3) is 11.0 Å². The van der Waals surface area contributed by atoms with Gasteiger partial charge in [0.1, 0.15) is 6.54 Å². The maximum Gasteiger partial charge on any atom is 0.269 e. The molecule has 24 heavy (non-hydrogen) atoms. The first-order chi connectivity index (χ1) is 11.7. The maximum absolute atomic E-state index is 12.3. The molecule has 2 aromatic rings. The summed E-state index contributed by atoms with van der Waals surface area (Å²) in [5.74, 6) is 2.52. The Bertz CT molecular complexity index is 814. The van der Waals surface area contributed by atoms with Crippen LogP contribution in [0.3, 0.4) is 0 Å². The van der Waals surface area contributed by atoms with E-state index in [2.05, 4.69) is 10.3 Å². The zero-order valence-corrected chi connectivity index (χ0v) is 13.8. The van der Waals surface area contributed by atoms with Gasteiger partial charge in [0.25, 0.3) is 5.56 Å². The summed E-state index contributed by atoms with van der Waals surface area (Å²) in [5, 5.41) is 2.99. The number of carbonyl (C=O) groups excluding carboxylic acids is 1. The number of benzene rings is 1. The lowest BCUT2D eigenvalue weighted by Gasteiger charge is -2.21. The van der Waals surface area contributed by atoms with Crippen molar-refractivity contribution in [2.45, 2.75) is 38.6 Å². The largest absolute Gasteiger partial charge is 0.355 e. The minimum Gasteiger partial charge on any atom is -0.355 e. The molecule has 1 heterocycles. The van der Waals surface area contributed by atoms with Gasteiger partial charge in [0, 0.05) is 6.54 Å². The molecule has 0 radical (unpaired) electrons. The van der Waals surface area contributed by atoms with Gasteiger partial charge in [-0.1, -0.05) is 18.6 Å². The van der Waals surface area contributed by atoms with E-state index >= 15 is 0 Å². The smallest absolute Gasteiger partial charge is 0.269 e. The van der Waals surface area contributed by atoms with E-state index < -0.39 is 0 Å². The lowest BCUT2D eigenvalue weighted by Crippen LogP contribution is -2.33. The van der Waals surface area contributed by atoms with Crippen LogP contribution >= 0.6 is 0 Å². The molecule has 2 bridgehead atoms. The molecule has 0 saturated heterocycles. The second kappa shape index (κ2) is 6.38. The van der Waals surface area contributed by atoms with Gasteiger partial charge in [0.05, 0.1) is 17.2 Å². The van der Waals surface area contributed by atoms with Gasteiger partial charge in [0.2, 0.25) is 5.91 Å². The van der Waals surface area contributed by atoms with Gasteiger partial charge in [-0.05, 0) is 55.6 Å². The van der Waals surface area contributed by atoms with Crippen molar-refractivity contribution in [3.05, 3.63) is 40.8 Å². The van der Waals surface area contributed by atoms with Crippen LogP contribution in [0, 0.1) is 17.8 Å². The Morgan fingerprint density at radius 1 is 1.25 bits per heavy atom. The summed E-state index contributed by atoms with van der Waals surface area (Å²) in [4.78, 5) is 28.4. The molecule has 5 heteroatoms. The quantitative estimate of drug-likeness (QED) is 0.918. The zero-order chi connectivity index (χ0) is 16.5. The highest BCUT2D eigenvalue weighted by Gasteiger charge is 2.38. The average Bonchev–Trinajstić information content (AvgIpc) is 3.20. The molecule has 126 valence electrons. The Morgan fingerprint density at radius 2 is 2.12 bits per heavy atom. The zero-order valence-electron chi connectivity index (χ0n) is 13.8. The topological polar surface area (TPSA) is 64.0 Å². The van der Waals surface area contributed by atoms with E-state index in [1.807, 2.05) is 24.3 Å². The number of carbonyl (C=O) groups is 1. The van der Waals surface area contributed by atoms with Crippen molar-refractivity contribution in [1.29, 1.82) is 0 Å². The van der Waals surface area contributed by atoms with Gasteiger partial charge in [-0.15, -0.1) is 0 Å². The lowest BCUT2D eigenvalue weighted by molar-refractivity contribution is -0.121. The summed E-state index contributed by atoms with van der Waals surface area (Å²) in [6.07, 6.45) is 7.88. The van der Waals surface area contributed by atoms with Crippen LogP contribution in [0.4, 0.5) is 0 Å². The fraction of sp³-hybridized carbons (Fsp3) is 0.526. The van der Waals surface area contributed by atoms with Gasteiger partial charge in [-0.3, -0.25) is 14.2 Å². The molecule has 3 atom stereocenters. The molecule has 0 aliphatic heterocycles. The van der Waals surface area contributed by atoms with Gasteiger partial charge >= 0.3 is 0 Å². The fourth-order valence-corrected chi connectivity index (χ4v) is 4.60. The van der Waals surface area contributed by atoms with Gasteiger partial charge < -0.3 is 5.32 Å². The molecule has 1 N–H and O–H groups in total. The Balaban J connectivity index is 1.36. The Morgan fingerprint density at radius 3 is 2.92 bits per heavy atom. The summed E-state index contributed by atoms with van der Waals surface area (Å²) in [5.41, 5.74) is 1.19. The van der Waals surface area contributed by atoms with Crippen molar-refractivity contribution >= 4 is 16.9 Å². The minimum absolute atomic E-state index is 0.0542. The maximum atomic E-state index is 12.3. The summed E-state index contributed by atoms with van der Waals surface area (Å²) >= 11 is 0. The minimum atomic E-state index is -0.239. The first kappa shape index (κ1) is 15.4. The number of nitrogens with zero attached hydrogens (tertiary/aromatic N) is 2. The molecule has 1 aromatic carbocycles. The van der Waals surface area contributed by atoms with Crippen molar-refractivity contribution < 1.29 is 4.79 Å². The van der Waals surface area contributed by atoms with Crippen LogP contribution in [-0.4, -0.2) is 22.0 Å². The summed E-state index contributed by atoms with van der Waals surface area (Å²) in [7, 11) is 0. The average molecular weight is 325 g/mol. The number of fused-ring (bicyclic) bond motifs is 3. The number of aromatic nitrogens is 2. The van der Waals surface area contributed by atoms with Crippen LogP contribution in [0.1, 0.15) is 32.1 Å². The monoisotopic (exact) mass is 325 g/mol. The lowest BCUT2D eigenvalue weighted by atomic mass is 9.86. The van der Waals surface area contributed by atoms with Crippen LogP contribution in [-0.2, 0) is 11.3 Å². The molecule has 5 nitrogen and oxygen atoms in total. The highest BCUT2D eigenvalue weighted by atomic mass is 16.2. The normalized spacial score (nSPS) is 25.2. The second-order valence-corrected chi connectivity index (χ2v) is 7.24. The van der Waals surface area contributed by atoms with Crippen molar-refractivity contribution in [2.75, 3.05) is 6.54 Å². The number of nitrogens with one attached hydrogen (secondary N) is 1. The number of amides is 1. The van der Waals surface area contributed by atoms with Gasteiger partial charge in [-0.25, -0.2) is 4.98 Å². The Hall–Kier alpha value is -2.17. The second-order valence-electron chi connectivity index (χ2n) is 7.24. The molecule has 2 aliphatic rings. The number of hydrogen-bond acceptors (Lipinski definition) is 3. The molecule has 2 aliphatic carbocycles. The Labute approximate surface area is 141 Å². The Kier molecular flexibility index (Phi) is 4.08. The summed E-state index contributed by atoms with van der Waals surface area (Å²) in [6, 6.07) is 7.40. The third-order valence-electron chi connectivity index (χ3n) is 5.78. The van der Waals surface area contributed by atoms with Crippen molar-refractivity contribution in [2.24, 2.45) is 17.8 Å². The predicted molar refractivity (Wildman–Crippen MR) is 92.6 cm³/mol. The van der Waals surface area contributed by atoms with E-state index in [1.165, 1.54) is 36.4 Å². The highest BCUT2D eigenvalue weighted by Crippen LogP contribution is 2.49. The molecular formula is C19H23N3O2. The first-order valence-corrected chi connectivity index (χ1v) is 8.92. The molecule has 2 saturated carbocycles. The number of rotatable bonds is 5. The molecule has 0 unspecified atom stereocenters. The van der Waals surface area contributed by atoms with Crippen LogP contribution in [0.5, 0.6) is 0 Å². The molecule has 1 amide bonds. The van der Waals surface area contributed by atoms with E-state index in [4.69, 9.17) is 0 Å². The summed E-state index contributed by atoms with van der Waals surface area (Å²) in [6.45, 7) is 0.767. The summed E-state index contributed by atoms with van der Waals surface area (Å²) < 4.78 is 1.50.